The molecular weight excluding hydrogens is 222 g/mol. The third-order valence-electron chi connectivity index (χ3n) is 3.22. The van der Waals surface area contributed by atoms with Crippen molar-refractivity contribution >= 4 is 17.4 Å². The molecule has 88 valence electrons. The number of aryl methyl sites for hydroxylation is 1. The van der Waals surface area contributed by atoms with E-state index in [9.17, 15) is 0 Å². The first-order valence-corrected chi connectivity index (χ1v) is 6.33. The fourth-order valence-corrected chi connectivity index (χ4v) is 2.27. The van der Waals surface area contributed by atoms with Gasteiger partial charge >= 0.3 is 0 Å². The second-order valence-corrected chi connectivity index (χ2v) is 4.81. The molecule has 16 heavy (non-hydrogen) atoms. The summed E-state index contributed by atoms with van der Waals surface area (Å²) in [5, 5.41) is 0.349. The van der Waals surface area contributed by atoms with Gasteiger partial charge in [0.1, 0.15) is 5.82 Å². The molecule has 0 unspecified atom stereocenters. The van der Waals surface area contributed by atoms with Crippen LogP contribution in [-0.4, -0.2) is 23.1 Å². The highest BCUT2D eigenvalue weighted by atomic mass is 35.5. The first-order valence-electron chi connectivity index (χ1n) is 5.95. The van der Waals surface area contributed by atoms with Gasteiger partial charge in [0.2, 0.25) is 5.28 Å². The molecule has 4 heteroatoms. The molecular formula is C12H18ClN3. The second-order valence-electron chi connectivity index (χ2n) is 4.47. The molecule has 3 nitrogen and oxygen atoms in total. The van der Waals surface area contributed by atoms with Crippen molar-refractivity contribution in [3.63, 3.8) is 0 Å². The standard InChI is InChI=1S/C12H18ClN3/c1-3-16(8-10-5-4-6-10)11-7-9(2)14-12(13)15-11/h7,10H,3-6,8H2,1-2H3. The van der Waals surface area contributed by atoms with Crippen LogP contribution in [0.15, 0.2) is 6.07 Å². The second kappa shape index (κ2) is 5.00. The number of rotatable bonds is 4. The highest BCUT2D eigenvalue weighted by Gasteiger charge is 2.21. The van der Waals surface area contributed by atoms with Gasteiger partial charge in [-0.3, -0.25) is 0 Å². The summed E-state index contributed by atoms with van der Waals surface area (Å²) in [6, 6.07) is 2.01. The fourth-order valence-electron chi connectivity index (χ4n) is 2.05. The minimum Gasteiger partial charge on any atom is -0.356 e. The molecule has 1 aliphatic carbocycles. The number of nitrogens with zero attached hydrogens (tertiary/aromatic N) is 3. The first-order chi connectivity index (χ1) is 7.69. The van der Waals surface area contributed by atoms with E-state index in [1.165, 1.54) is 19.3 Å². The smallest absolute Gasteiger partial charge is 0.224 e. The van der Waals surface area contributed by atoms with E-state index < -0.39 is 0 Å². The van der Waals surface area contributed by atoms with Crippen molar-refractivity contribution in [2.45, 2.75) is 33.1 Å². The molecule has 2 rings (SSSR count). The Morgan fingerprint density at radius 2 is 2.19 bits per heavy atom. The van der Waals surface area contributed by atoms with Crippen LogP contribution in [0.25, 0.3) is 0 Å². The lowest BCUT2D eigenvalue weighted by molar-refractivity contribution is 0.318. The summed E-state index contributed by atoms with van der Waals surface area (Å²) in [5.74, 6) is 1.81. The Morgan fingerprint density at radius 3 is 2.69 bits per heavy atom. The Morgan fingerprint density at radius 1 is 1.44 bits per heavy atom. The van der Waals surface area contributed by atoms with Crippen molar-refractivity contribution in [3.8, 4) is 0 Å². The van der Waals surface area contributed by atoms with Crippen LogP contribution in [0.3, 0.4) is 0 Å². The van der Waals surface area contributed by atoms with E-state index in [4.69, 9.17) is 11.6 Å². The average molecular weight is 240 g/mol. The predicted molar refractivity (Wildman–Crippen MR) is 67.0 cm³/mol. The summed E-state index contributed by atoms with van der Waals surface area (Å²) in [6.45, 7) is 6.19. The molecule has 0 aromatic carbocycles. The Labute approximate surface area is 102 Å². The van der Waals surface area contributed by atoms with Gasteiger partial charge in [0.05, 0.1) is 0 Å². The number of hydrogen-bond acceptors (Lipinski definition) is 3. The SMILES string of the molecule is CCN(CC1CCC1)c1cc(C)nc(Cl)n1. The summed E-state index contributed by atoms with van der Waals surface area (Å²) in [6.07, 6.45) is 4.09. The molecule has 1 heterocycles. The topological polar surface area (TPSA) is 29.0 Å². The van der Waals surface area contributed by atoms with Crippen LogP contribution >= 0.6 is 11.6 Å². The zero-order valence-corrected chi connectivity index (χ0v) is 10.7. The number of aromatic nitrogens is 2. The van der Waals surface area contributed by atoms with E-state index in [-0.39, 0.29) is 0 Å². The fraction of sp³-hybridized carbons (Fsp3) is 0.667. The molecule has 0 saturated heterocycles. The zero-order valence-electron chi connectivity index (χ0n) is 9.91. The largest absolute Gasteiger partial charge is 0.356 e. The van der Waals surface area contributed by atoms with Crippen LogP contribution in [0, 0.1) is 12.8 Å². The van der Waals surface area contributed by atoms with Crippen LogP contribution in [0.5, 0.6) is 0 Å². The number of anilines is 1. The number of halogens is 1. The summed E-state index contributed by atoms with van der Waals surface area (Å²) in [4.78, 5) is 10.7. The molecule has 1 aromatic heterocycles. The Bertz CT molecular complexity index is 343. The molecule has 0 aliphatic heterocycles. The summed E-state index contributed by atoms with van der Waals surface area (Å²) >= 11 is 5.89. The first kappa shape index (κ1) is 11.6. The molecule has 1 fully saturated rings. The molecule has 0 bridgehead atoms. The summed E-state index contributed by atoms with van der Waals surface area (Å²) < 4.78 is 0. The van der Waals surface area contributed by atoms with Crippen molar-refractivity contribution < 1.29 is 0 Å². The van der Waals surface area contributed by atoms with E-state index in [1.807, 2.05) is 13.0 Å². The van der Waals surface area contributed by atoms with Crippen LogP contribution in [-0.2, 0) is 0 Å². The van der Waals surface area contributed by atoms with E-state index in [2.05, 4.69) is 21.8 Å². The van der Waals surface area contributed by atoms with Gasteiger partial charge in [0.25, 0.3) is 0 Å². The van der Waals surface area contributed by atoms with Gasteiger partial charge in [-0.1, -0.05) is 6.42 Å². The Balaban J connectivity index is 2.11. The van der Waals surface area contributed by atoms with Crippen molar-refractivity contribution in [2.75, 3.05) is 18.0 Å². The maximum atomic E-state index is 5.89. The maximum absolute atomic E-state index is 5.89. The molecule has 0 radical (unpaired) electrons. The lowest BCUT2D eigenvalue weighted by Crippen LogP contribution is -2.33. The Hall–Kier alpha value is -0.830. The van der Waals surface area contributed by atoms with Crippen LogP contribution in [0.1, 0.15) is 31.9 Å². The lowest BCUT2D eigenvalue weighted by atomic mass is 9.85. The monoisotopic (exact) mass is 239 g/mol. The molecule has 0 spiro atoms. The van der Waals surface area contributed by atoms with Crippen molar-refractivity contribution in [1.29, 1.82) is 0 Å². The summed E-state index contributed by atoms with van der Waals surface area (Å²) in [5.41, 5.74) is 0.932. The van der Waals surface area contributed by atoms with Crippen LogP contribution in [0.2, 0.25) is 5.28 Å². The van der Waals surface area contributed by atoms with Gasteiger partial charge < -0.3 is 4.90 Å². The van der Waals surface area contributed by atoms with Gasteiger partial charge in [0.15, 0.2) is 0 Å². The average Bonchev–Trinajstić information content (AvgIpc) is 2.14. The Kier molecular flexibility index (Phi) is 3.64. The van der Waals surface area contributed by atoms with E-state index >= 15 is 0 Å². The van der Waals surface area contributed by atoms with Gasteiger partial charge in [0, 0.05) is 24.8 Å². The third-order valence-corrected chi connectivity index (χ3v) is 3.39. The molecule has 1 aliphatic rings. The predicted octanol–water partition coefficient (Wildman–Crippen LogP) is 3.06. The highest BCUT2D eigenvalue weighted by Crippen LogP contribution is 2.28. The van der Waals surface area contributed by atoms with Gasteiger partial charge in [-0.2, -0.15) is 0 Å². The highest BCUT2D eigenvalue weighted by molar-refractivity contribution is 6.28. The van der Waals surface area contributed by atoms with Gasteiger partial charge in [-0.15, -0.1) is 0 Å². The zero-order chi connectivity index (χ0) is 11.5. The molecule has 0 N–H and O–H groups in total. The van der Waals surface area contributed by atoms with Crippen molar-refractivity contribution in [2.24, 2.45) is 5.92 Å². The van der Waals surface area contributed by atoms with Crippen molar-refractivity contribution in [1.82, 2.24) is 9.97 Å². The van der Waals surface area contributed by atoms with Crippen molar-refractivity contribution in [3.05, 3.63) is 17.0 Å². The van der Waals surface area contributed by atoms with E-state index in [1.54, 1.807) is 0 Å². The molecule has 0 amide bonds. The minimum absolute atomic E-state index is 0.349. The van der Waals surface area contributed by atoms with Crippen LogP contribution < -0.4 is 4.90 Å². The quantitative estimate of drug-likeness (QED) is 0.757. The third kappa shape index (κ3) is 2.64. The van der Waals surface area contributed by atoms with Gasteiger partial charge in [-0.25, -0.2) is 9.97 Å². The van der Waals surface area contributed by atoms with Crippen LogP contribution in [0.4, 0.5) is 5.82 Å². The molecule has 0 atom stereocenters. The minimum atomic E-state index is 0.349. The number of hydrogen-bond donors (Lipinski definition) is 0. The molecule has 1 saturated carbocycles. The maximum Gasteiger partial charge on any atom is 0.224 e. The normalized spacial score (nSPS) is 15.9. The van der Waals surface area contributed by atoms with E-state index in [0.717, 1.165) is 30.5 Å². The lowest BCUT2D eigenvalue weighted by Gasteiger charge is -2.32. The molecule has 1 aromatic rings. The summed E-state index contributed by atoms with van der Waals surface area (Å²) in [7, 11) is 0. The van der Waals surface area contributed by atoms with Gasteiger partial charge in [-0.05, 0) is 44.2 Å². The van der Waals surface area contributed by atoms with E-state index in [0.29, 0.717) is 5.28 Å².